The lowest BCUT2D eigenvalue weighted by atomic mass is 9.83. The maximum atomic E-state index is 14.5. The quantitative estimate of drug-likeness (QED) is 0.0977. The lowest BCUT2D eigenvalue weighted by molar-refractivity contribution is -0.175. The average Bonchev–Trinajstić information content (AvgIpc) is 3.68. The second-order valence-electron chi connectivity index (χ2n) is 15.1. The molecule has 3 aromatic carbocycles. The Hall–Kier alpha value is -5.90. The standard InChI is InChI=1S/C43H49F3N4O9/c1-25(2)32(47)38(54)50-22-12-21-42(50,41(57)49-33(26(3)4)36(52)43(44,45)46)35(51)30-17-19-31(20-18-30)37(53)48-34(40(56)59-24-29-15-10-7-11-16-29)27(5)39(55)58-23-28-13-8-6-9-14-28/h6-11,13-20,25-27,32-34H,12,21-24,47H2,1-5H3,(H,48,53)(H,49,57)/t27?,32-,33?,34-,42+/m0/s1. The van der Waals surface area contributed by atoms with Crippen LogP contribution in [0.5, 0.6) is 0 Å². The summed E-state index contributed by atoms with van der Waals surface area (Å²) in [6.45, 7) is 6.87. The zero-order chi connectivity index (χ0) is 43.7. The van der Waals surface area contributed by atoms with Gasteiger partial charge in [-0.2, -0.15) is 13.2 Å². The highest BCUT2D eigenvalue weighted by atomic mass is 19.4. The number of nitrogens with zero attached hydrogens (tertiary/aromatic N) is 1. The van der Waals surface area contributed by atoms with Crippen molar-refractivity contribution in [3.8, 4) is 0 Å². The largest absolute Gasteiger partial charge is 0.461 e. The molecule has 1 fully saturated rings. The molecular weight excluding hydrogens is 773 g/mol. The highest BCUT2D eigenvalue weighted by Gasteiger charge is 2.57. The van der Waals surface area contributed by atoms with E-state index in [9.17, 15) is 46.7 Å². The molecule has 1 aliphatic rings. The molecule has 3 aromatic rings. The third kappa shape index (κ3) is 11.0. The van der Waals surface area contributed by atoms with Crippen molar-refractivity contribution in [2.24, 2.45) is 23.5 Å². The van der Waals surface area contributed by atoms with Crippen LogP contribution >= 0.6 is 0 Å². The lowest BCUT2D eigenvalue weighted by Crippen LogP contribution is -2.67. The molecule has 2 unspecified atom stereocenters. The Bertz CT molecular complexity index is 1990. The fourth-order valence-corrected chi connectivity index (χ4v) is 6.57. The zero-order valence-electron chi connectivity index (χ0n) is 33.4. The van der Waals surface area contributed by atoms with Gasteiger partial charge in [0.05, 0.1) is 18.0 Å². The van der Waals surface area contributed by atoms with Gasteiger partial charge in [0.25, 0.3) is 17.6 Å². The summed E-state index contributed by atoms with van der Waals surface area (Å²) in [4.78, 5) is 95.9. The molecule has 1 heterocycles. The van der Waals surface area contributed by atoms with E-state index >= 15 is 0 Å². The van der Waals surface area contributed by atoms with Gasteiger partial charge < -0.3 is 30.7 Å². The van der Waals surface area contributed by atoms with Crippen LogP contribution in [0.15, 0.2) is 84.9 Å². The highest BCUT2D eigenvalue weighted by molar-refractivity contribution is 6.20. The maximum Gasteiger partial charge on any atom is 0.452 e. The minimum absolute atomic E-state index is 0.0948. The normalized spacial score (nSPS) is 17.4. The Kier molecular flexibility index (Phi) is 15.3. The highest BCUT2D eigenvalue weighted by Crippen LogP contribution is 2.35. The number of ether oxygens (including phenoxy) is 2. The number of hydrogen-bond acceptors (Lipinski definition) is 10. The molecule has 1 saturated heterocycles. The molecule has 4 rings (SSSR count). The summed E-state index contributed by atoms with van der Waals surface area (Å²) in [5.41, 5.74) is 4.81. The smallest absolute Gasteiger partial charge is 0.452 e. The average molecular weight is 823 g/mol. The number of hydrogen-bond donors (Lipinski definition) is 3. The molecule has 0 spiro atoms. The first-order valence-electron chi connectivity index (χ1n) is 19.2. The van der Waals surface area contributed by atoms with Crippen molar-refractivity contribution < 1.29 is 56.2 Å². The first-order valence-corrected chi connectivity index (χ1v) is 19.2. The van der Waals surface area contributed by atoms with E-state index in [0.29, 0.717) is 11.1 Å². The number of benzene rings is 3. The van der Waals surface area contributed by atoms with Gasteiger partial charge in [-0.25, -0.2) is 4.79 Å². The van der Waals surface area contributed by atoms with Crippen molar-refractivity contribution in [3.63, 3.8) is 0 Å². The van der Waals surface area contributed by atoms with E-state index in [2.05, 4.69) is 10.6 Å². The van der Waals surface area contributed by atoms with Crippen LogP contribution in [0.25, 0.3) is 0 Å². The molecule has 59 heavy (non-hydrogen) atoms. The Labute approximate surface area is 340 Å². The van der Waals surface area contributed by atoms with E-state index in [1.165, 1.54) is 45.0 Å². The molecule has 0 aromatic heterocycles. The summed E-state index contributed by atoms with van der Waals surface area (Å²) < 4.78 is 51.7. The third-order valence-electron chi connectivity index (χ3n) is 10.2. The summed E-state index contributed by atoms with van der Waals surface area (Å²) in [7, 11) is 0. The SMILES string of the molecule is CC(C)C(NC(=O)[C@]1(C(=O)c2ccc(C(=O)N[C@H](C(=O)OCc3ccccc3)C(C)C(=O)OCc3ccccc3)cc2)CCCN1C(=O)[C@@H](N)C(C)C)C(=O)C(F)(F)F. The van der Waals surface area contributed by atoms with Gasteiger partial charge in [0.1, 0.15) is 19.3 Å². The lowest BCUT2D eigenvalue weighted by Gasteiger charge is -2.39. The number of likely N-dealkylation sites (tertiary alicyclic amines) is 1. The van der Waals surface area contributed by atoms with Crippen molar-refractivity contribution in [3.05, 3.63) is 107 Å². The van der Waals surface area contributed by atoms with Gasteiger partial charge in [0, 0.05) is 17.7 Å². The van der Waals surface area contributed by atoms with Crippen LogP contribution in [-0.4, -0.2) is 82.5 Å². The second kappa shape index (κ2) is 19.7. The molecule has 0 aliphatic carbocycles. The Morgan fingerprint density at radius 2 is 1.22 bits per heavy atom. The number of alkyl halides is 3. The number of amides is 3. The summed E-state index contributed by atoms with van der Waals surface area (Å²) in [6.07, 6.45) is -5.51. The minimum atomic E-state index is -5.31. The molecule has 1 aliphatic heterocycles. The number of esters is 2. The predicted molar refractivity (Wildman–Crippen MR) is 208 cm³/mol. The number of nitrogens with one attached hydrogen (secondary N) is 2. The number of ketones is 2. The van der Waals surface area contributed by atoms with E-state index in [1.807, 2.05) is 0 Å². The minimum Gasteiger partial charge on any atom is -0.461 e. The monoisotopic (exact) mass is 822 g/mol. The fraction of sp³-hybridized carbons (Fsp3) is 0.419. The molecule has 0 bridgehead atoms. The van der Waals surface area contributed by atoms with Gasteiger partial charge in [-0.15, -0.1) is 0 Å². The van der Waals surface area contributed by atoms with Crippen molar-refractivity contribution in [2.75, 3.05) is 6.54 Å². The molecule has 316 valence electrons. The first-order chi connectivity index (χ1) is 27.8. The molecular formula is C43H49F3N4O9. The number of halogens is 3. The number of nitrogens with two attached hydrogens (primary N) is 1. The number of carbonyl (C=O) groups excluding carboxylic acids is 7. The van der Waals surface area contributed by atoms with Crippen molar-refractivity contribution in [2.45, 2.75) is 90.5 Å². The van der Waals surface area contributed by atoms with Gasteiger partial charge >= 0.3 is 18.1 Å². The van der Waals surface area contributed by atoms with Gasteiger partial charge in [-0.3, -0.25) is 28.8 Å². The van der Waals surface area contributed by atoms with Gasteiger partial charge in [0.15, 0.2) is 11.3 Å². The summed E-state index contributed by atoms with van der Waals surface area (Å²) in [5.74, 6) is -10.6. The zero-order valence-corrected chi connectivity index (χ0v) is 33.4. The van der Waals surface area contributed by atoms with E-state index in [-0.39, 0.29) is 43.7 Å². The van der Waals surface area contributed by atoms with Crippen molar-refractivity contribution in [1.82, 2.24) is 15.5 Å². The van der Waals surface area contributed by atoms with Gasteiger partial charge in [0.2, 0.25) is 5.91 Å². The van der Waals surface area contributed by atoms with Crippen molar-refractivity contribution in [1.29, 1.82) is 0 Å². The molecule has 13 nitrogen and oxygen atoms in total. The summed E-state index contributed by atoms with van der Waals surface area (Å²) >= 11 is 0. The Morgan fingerprint density at radius 3 is 1.71 bits per heavy atom. The van der Waals surface area contributed by atoms with Gasteiger partial charge in [-0.1, -0.05) is 100 Å². The summed E-state index contributed by atoms with van der Waals surface area (Å²) in [6, 6.07) is 17.5. The van der Waals surface area contributed by atoms with E-state index in [1.54, 1.807) is 74.5 Å². The molecule has 5 atom stereocenters. The predicted octanol–water partition coefficient (Wildman–Crippen LogP) is 4.71. The fourth-order valence-electron chi connectivity index (χ4n) is 6.57. The van der Waals surface area contributed by atoms with Crippen LogP contribution in [0, 0.1) is 17.8 Å². The Balaban J connectivity index is 1.63. The van der Waals surface area contributed by atoms with E-state index < -0.39 is 88.8 Å². The maximum absolute atomic E-state index is 14.5. The number of Topliss-reactive ketones (excluding diaryl/α,β-unsaturated/α-hetero) is 2. The number of carbonyl (C=O) groups is 7. The van der Waals surface area contributed by atoms with Crippen LogP contribution in [0.1, 0.15) is 79.3 Å². The molecule has 4 N–H and O–H groups in total. The molecule has 3 amide bonds. The third-order valence-corrected chi connectivity index (χ3v) is 10.2. The molecule has 0 saturated carbocycles. The van der Waals surface area contributed by atoms with E-state index in [0.717, 1.165) is 4.90 Å². The van der Waals surface area contributed by atoms with Crippen LogP contribution in [0.4, 0.5) is 13.2 Å². The van der Waals surface area contributed by atoms with Crippen LogP contribution < -0.4 is 16.4 Å². The van der Waals surface area contributed by atoms with Gasteiger partial charge in [-0.05, 0) is 54.9 Å². The van der Waals surface area contributed by atoms with Crippen LogP contribution in [0.3, 0.4) is 0 Å². The number of rotatable bonds is 17. The Morgan fingerprint density at radius 1 is 0.712 bits per heavy atom. The molecule has 16 heteroatoms. The topological polar surface area (TPSA) is 191 Å². The summed E-state index contributed by atoms with van der Waals surface area (Å²) in [5, 5.41) is 4.64. The van der Waals surface area contributed by atoms with Crippen LogP contribution in [0.2, 0.25) is 0 Å². The first kappa shape index (κ1) is 45.8. The molecule has 0 radical (unpaired) electrons. The van der Waals surface area contributed by atoms with Crippen molar-refractivity contribution >= 4 is 41.2 Å². The second-order valence-corrected chi connectivity index (χ2v) is 15.1. The van der Waals surface area contributed by atoms with Crippen LogP contribution in [-0.2, 0) is 46.7 Å². The van der Waals surface area contributed by atoms with E-state index in [4.69, 9.17) is 15.2 Å².